The molecule has 54 valence electrons. The van der Waals surface area contributed by atoms with Gasteiger partial charge in [0.1, 0.15) is 6.26 Å². The average molecular weight is 204 g/mol. The van der Waals surface area contributed by atoms with Gasteiger partial charge in [-0.1, -0.05) is 21.1 Å². The zero-order valence-electron chi connectivity index (χ0n) is 5.43. The highest BCUT2D eigenvalue weighted by Gasteiger charge is 2.09. The molecule has 1 aromatic rings. The van der Waals surface area contributed by atoms with Crippen LogP contribution in [0.15, 0.2) is 10.8 Å². The molecule has 0 bridgehead atoms. The summed E-state index contributed by atoms with van der Waals surface area (Å²) in [6.07, 6.45) is 1.36. The van der Waals surface area contributed by atoms with Crippen LogP contribution < -0.4 is 0 Å². The number of halogens is 1. The second-order valence-corrected chi connectivity index (χ2v) is 2.43. The maximum Gasteiger partial charge on any atom is 0.178 e. The molecule has 0 aliphatic heterocycles. The standard InChI is InChI=1S/C6H6BrNO2/c1-4-5(3-10-8-4)6(9)2-7/h3H,2H2,1H3. The quantitative estimate of drug-likeness (QED) is 0.542. The Morgan fingerprint density at radius 2 is 2.60 bits per heavy atom. The van der Waals surface area contributed by atoms with Gasteiger partial charge in [0.2, 0.25) is 0 Å². The first-order chi connectivity index (χ1) is 4.75. The minimum absolute atomic E-state index is 0.00116. The highest BCUT2D eigenvalue weighted by Crippen LogP contribution is 2.06. The highest BCUT2D eigenvalue weighted by molar-refractivity contribution is 9.09. The number of alkyl halides is 1. The Labute approximate surface area is 66.5 Å². The molecule has 0 radical (unpaired) electrons. The number of ketones is 1. The third-order valence-electron chi connectivity index (χ3n) is 1.17. The molecule has 10 heavy (non-hydrogen) atoms. The van der Waals surface area contributed by atoms with E-state index in [2.05, 4.69) is 25.6 Å². The van der Waals surface area contributed by atoms with Crippen molar-refractivity contribution in [3.63, 3.8) is 0 Å². The van der Waals surface area contributed by atoms with Crippen LogP contribution >= 0.6 is 15.9 Å². The van der Waals surface area contributed by atoms with E-state index in [1.54, 1.807) is 6.92 Å². The van der Waals surface area contributed by atoms with E-state index < -0.39 is 0 Å². The summed E-state index contributed by atoms with van der Waals surface area (Å²) >= 11 is 3.05. The molecule has 4 heteroatoms. The van der Waals surface area contributed by atoms with E-state index in [9.17, 15) is 4.79 Å². The van der Waals surface area contributed by atoms with Gasteiger partial charge in [-0.2, -0.15) is 0 Å². The second-order valence-electron chi connectivity index (χ2n) is 1.87. The molecule has 1 rings (SSSR count). The first-order valence-corrected chi connectivity index (χ1v) is 3.88. The summed E-state index contributed by atoms with van der Waals surface area (Å²) in [7, 11) is 0. The van der Waals surface area contributed by atoms with Gasteiger partial charge in [0.15, 0.2) is 5.78 Å². The van der Waals surface area contributed by atoms with Crippen LogP contribution in [-0.2, 0) is 0 Å². The van der Waals surface area contributed by atoms with Gasteiger partial charge in [-0.05, 0) is 6.92 Å². The van der Waals surface area contributed by atoms with Gasteiger partial charge in [0.25, 0.3) is 0 Å². The fraction of sp³-hybridized carbons (Fsp3) is 0.333. The number of rotatable bonds is 2. The van der Waals surface area contributed by atoms with Crippen molar-refractivity contribution in [3.8, 4) is 0 Å². The van der Waals surface area contributed by atoms with Crippen molar-refractivity contribution in [2.45, 2.75) is 6.92 Å². The molecule has 0 atom stereocenters. The van der Waals surface area contributed by atoms with Gasteiger partial charge in [-0.3, -0.25) is 4.79 Å². The largest absolute Gasteiger partial charge is 0.364 e. The molecule has 3 nitrogen and oxygen atoms in total. The Morgan fingerprint density at radius 1 is 1.90 bits per heavy atom. The first kappa shape index (κ1) is 7.47. The SMILES string of the molecule is Cc1nocc1C(=O)CBr. The van der Waals surface area contributed by atoms with E-state index in [1.807, 2.05) is 0 Å². The van der Waals surface area contributed by atoms with E-state index in [-0.39, 0.29) is 5.78 Å². The Morgan fingerprint density at radius 3 is 3.00 bits per heavy atom. The van der Waals surface area contributed by atoms with E-state index in [0.717, 1.165) is 0 Å². The molecule has 0 unspecified atom stereocenters. The summed E-state index contributed by atoms with van der Waals surface area (Å²) in [6.45, 7) is 1.74. The summed E-state index contributed by atoms with van der Waals surface area (Å²) in [5.41, 5.74) is 1.20. The van der Waals surface area contributed by atoms with Crippen molar-refractivity contribution in [2.24, 2.45) is 0 Å². The molecule has 0 aliphatic rings. The molecule has 0 aliphatic carbocycles. The van der Waals surface area contributed by atoms with Crippen LogP contribution in [0.25, 0.3) is 0 Å². The summed E-state index contributed by atoms with van der Waals surface area (Å²) in [6, 6.07) is 0. The number of hydrogen-bond acceptors (Lipinski definition) is 3. The second kappa shape index (κ2) is 2.96. The number of aromatic nitrogens is 1. The lowest BCUT2D eigenvalue weighted by atomic mass is 10.2. The summed E-state index contributed by atoms with van der Waals surface area (Å²) < 4.78 is 4.58. The van der Waals surface area contributed by atoms with E-state index in [1.165, 1.54) is 6.26 Å². The molecule has 0 spiro atoms. The van der Waals surface area contributed by atoms with Crippen LogP contribution in [0.1, 0.15) is 16.1 Å². The first-order valence-electron chi connectivity index (χ1n) is 2.76. The number of nitrogens with zero attached hydrogens (tertiary/aromatic N) is 1. The Kier molecular flexibility index (Phi) is 2.21. The Balaban J connectivity index is 2.93. The molecular formula is C6H6BrNO2. The number of Topliss-reactive ketones (excluding diaryl/α,β-unsaturated/α-hetero) is 1. The van der Waals surface area contributed by atoms with Gasteiger partial charge < -0.3 is 4.52 Å². The fourth-order valence-corrected chi connectivity index (χ4v) is 0.934. The minimum Gasteiger partial charge on any atom is -0.364 e. The van der Waals surface area contributed by atoms with E-state index in [4.69, 9.17) is 0 Å². The molecule has 0 N–H and O–H groups in total. The zero-order chi connectivity index (χ0) is 7.56. The lowest BCUT2D eigenvalue weighted by molar-refractivity contribution is 0.102. The Hall–Kier alpha value is -0.640. The molecule has 0 aromatic carbocycles. The smallest absolute Gasteiger partial charge is 0.178 e. The molecule has 0 amide bonds. The number of carbonyl (C=O) groups excluding carboxylic acids is 1. The van der Waals surface area contributed by atoms with Gasteiger partial charge >= 0.3 is 0 Å². The van der Waals surface area contributed by atoms with Crippen LogP contribution in [0.5, 0.6) is 0 Å². The molecule has 0 saturated heterocycles. The number of aryl methyl sites for hydroxylation is 1. The van der Waals surface area contributed by atoms with Crippen molar-refractivity contribution in [1.29, 1.82) is 0 Å². The summed E-state index contributed by atoms with van der Waals surface area (Å²) in [5.74, 6) is -0.00116. The number of hydrogen-bond donors (Lipinski definition) is 0. The monoisotopic (exact) mass is 203 g/mol. The topological polar surface area (TPSA) is 43.1 Å². The minimum atomic E-state index is -0.00116. The van der Waals surface area contributed by atoms with Gasteiger partial charge in [0, 0.05) is 0 Å². The molecular weight excluding hydrogens is 198 g/mol. The van der Waals surface area contributed by atoms with Crippen LogP contribution in [0, 0.1) is 6.92 Å². The zero-order valence-corrected chi connectivity index (χ0v) is 7.01. The predicted molar refractivity (Wildman–Crippen MR) is 39.4 cm³/mol. The highest BCUT2D eigenvalue weighted by atomic mass is 79.9. The van der Waals surface area contributed by atoms with E-state index >= 15 is 0 Å². The lowest BCUT2D eigenvalue weighted by Gasteiger charge is -1.87. The van der Waals surface area contributed by atoms with Crippen LogP contribution in [0.4, 0.5) is 0 Å². The maximum atomic E-state index is 10.9. The average Bonchev–Trinajstić information content (AvgIpc) is 2.34. The van der Waals surface area contributed by atoms with Crippen molar-refractivity contribution in [3.05, 3.63) is 17.5 Å². The molecule has 0 fully saturated rings. The molecule has 1 heterocycles. The van der Waals surface area contributed by atoms with Gasteiger partial charge in [0.05, 0.1) is 16.6 Å². The van der Waals surface area contributed by atoms with Crippen LogP contribution in [0.3, 0.4) is 0 Å². The van der Waals surface area contributed by atoms with Crippen LogP contribution in [-0.4, -0.2) is 16.3 Å². The van der Waals surface area contributed by atoms with Gasteiger partial charge in [-0.25, -0.2) is 0 Å². The van der Waals surface area contributed by atoms with Crippen molar-refractivity contribution >= 4 is 21.7 Å². The molecule has 0 saturated carbocycles. The maximum absolute atomic E-state index is 10.9. The third-order valence-corrected chi connectivity index (χ3v) is 1.68. The van der Waals surface area contributed by atoms with Gasteiger partial charge in [-0.15, -0.1) is 0 Å². The van der Waals surface area contributed by atoms with Crippen molar-refractivity contribution < 1.29 is 9.32 Å². The fourth-order valence-electron chi connectivity index (χ4n) is 0.632. The Bertz CT molecular complexity index is 244. The summed E-state index contributed by atoms with van der Waals surface area (Å²) in [4.78, 5) is 10.9. The predicted octanol–water partition coefficient (Wildman–Crippen LogP) is 1.56. The molecule has 1 aromatic heterocycles. The van der Waals surface area contributed by atoms with Crippen molar-refractivity contribution in [1.82, 2.24) is 5.16 Å². The number of carbonyl (C=O) groups is 1. The van der Waals surface area contributed by atoms with E-state index in [0.29, 0.717) is 16.6 Å². The summed E-state index contributed by atoms with van der Waals surface area (Å²) in [5, 5.41) is 3.88. The third kappa shape index (κ3) is 1.26. The van der Waals surface area contributed by atoms with Crippen LogP contribution in [0.2, 0.25) is 0 Å². The van der Waals surface area contributed by atoms with Crippen molar-refractivity contribution in [2.75, 3.05) is 5.33 Å². The lowest BCUT2D eigenvalue weighted by Crippen LogP contribution is -1.99. The normalized spacial score (nSPS) is 9.80.